The highest BCUT2D eigenvalue weighted by Crippen LogP contribution is 2.23. The fourth-order valence-electron chi connectivity index (χ4n) is 5.74. The Labute approximate surface area is 280 Å². The van der Waals surface area contributed by atoms with Crippen LogP contribution in [0.3, 0.4) is 0 Å². The molecule has 0 saturated heterocycles. The molecule has 3 aromatic carbocycles. The summed E-state index contributed by atoms with van der Waals surface area (Å²) in [4.78, 5) is 60.3. The average Bonchev–Trinajstić information content (AvgIpc) is 3.60. The zero-order valence-corrected chi connectivity index (χ0v) is 27.6. The lowest BCUT2D eigenvalue weighted by Crippen LogP contribution is -2.56. The molecule has 0 aliphatic carbocycles. The van der Waals surface area contributed by atoms with Gasteiger partial charge in [-0.2, -0.15) is 0 Å². The molecule has 0 aliphatic rings. The van der Waals surface area contributed by atoms with Crippen molar-refractivity contribution < 1.29 is 29.0 Å². The van der Waals surface area contributed by atoms with Crippen molar-refractivity contribution in [1.82, 2.24) is 25.9 Å². The van der Waals surface area contributed by atoms with Gasteiger partial charge in [0.25, 0.3) is 0 Å². The Morgan fingerprint density at radius 1 is 0.896 bits per heavy atom. The fraction of sp³-hybridized carbons (Fsp3) is 0.378. The zero-order chi connectivity index (χ0) is 34.5. The number of aliphatic hydroxyl groups excluding tert-OH is 1. The molecule has 1 heterocycles. The maximum absolute atomic E-state index is 14.1. The van der Waals surface area contributed by atoms with Crippen LogP contribution in [0, 0.1) is 11.8 Å². The Kier molecular flexibility index (Phi) is 13.3. The van der Waals surface area contributed by atoms with Gasteiger partial charge in [0.15, 0.2) is 6.10 Å². The van der Waals surface area contributed by atoms with Crippen molar-refractivity contribution in [3.8, 4) is 0 Å². The van der Waals surface area contributed by atoms with Crippen molar-refractivity contribution in [2.45, 2.75) is 64.1 Å². The number of aromatic amines is 1. The van der Waals surface area contributed by atoms with Crippen LogP contribution in [0.15, 0.2) is 85.3 Å². The van der Waals surface area contributed by atoms with E-state index in [2.05, 4.69) is 25.9 Å². The van der Waals surface area contributed by atoms with Crippen LogP contribution < -0.4 is 16.0 Å². The van der Waals surface area contributed by atoms with E-state index in [0.717, 1.165) is 29.0 Å². The first-order valence-electron chi connectivity index (χ1n) is 16.3. The predicted octanol–water partition coefficient (Wildman–Crippen LogP) is 3.26. The third-order valence-corrected chi connectivity index (χ3v) is 8.22. The lowest BCUT2D eigenvalue weighted by atomic mass is 9.91. The third-order valence-electron chi connectivity index (χ3n) is 8.22. The van der Waals surface area contributed by atoms with Gasteiger partial charge >= 0.3 is 5.97 Å². The minimum absolute atomic E-state index is 0.0285. The Bertz CT molecular complexity index is 1640. The molecule has 0 radical (unpaired) electrons. The monoisotopic (exact) mass is 655 g/mol. The third kappa shape index (κ3) is 10.5. The Morgan fingerprint density at radius 3 is 2.33 bits per heavy atom. The number of carbonyl (C=O) groups is 4. The van der Waals surface area contributed by atoms with Gasteiger partial charge in [0.2, 0.25) is 17.7 Å². The van der Waals surface area contributed by atoms with Crippen molar-refractivity contribution in [1.29, 1.82) is 0 Å². The van der Waals surface area contributed by atoms with Gasteiger partial charge in [0.1, 0.15) is 6.04 Å². The van der Waals surface area contributed by atoms with E-state index < -0.39 is 41.9 Å². The second-order valence-corrected chi connectivity index (χ2v) is 12.4. The number of aliphatic hydroxyl groups is 1. The van der Waals surface area contributed by atoms with Crippen LogP contribution in [0.4, 0.5) is 0 Å². The summed E-state index contributed by atoms with van der Waals surface area (Å²) in [5.74, 6) is -3.00. The van der Waals surface area contributed by atoms with Gasteiger partial charge in [-0.3, -0.25) is 14.4 Å². The number of imidazole rings is 1. The second-order valence-electron chi connectivity index (χ2n) is 12.4. The molecule has 11 nitrogen and oxygen atoms in total. The quantitative estimate of drug-likeness (QED) is 0.109. The summed E-state index contributed by atoms with van der Waals surface area (Å²) < 4.78 is 4.71. The van der Waals surface area contributed by atoms with Crippen LogP contribution in [0.2, 0.25) is 0 Å². The van der Waals surface area contributed by atoms with Gasteiger partial charge < -0.3 is 30.8 Å². The summed E-state index contributed by atoms with van der Waals surface area (Å²) in [6.45, 7) is 4.21. The van der Waals surface area contributed by atoms with E-state index in [1.54, 1.807) is 6.20 Å². The molecule has 3 amide bonds. The minimum atomic E-state index is -1.59. The van der Waals surface area contributed by atoms with E-state index in [0.29, 0.717) is 25.1 Å². The highest BCUT2D eigenvalue weighted by atomic mass is 16.5. The van der Waals surface area contributed by atoms with Crippen molar-refractivity contribution >= 4 is 34.5 Å². The number of rotatable bonds is 17. The number of methoxy groups -OCH3 is 1. The highest BCUT2D eigenvalue weighted by Gasteiger charge is 2.33. The largest absolute Gasteiger partial charge is 0.467 e. The van der Waals surface area contributed by atoms with E-state index >= 15 is 0 Å². The number of ether oxygens (including phenoxy) is 1. The molecule has 5 N–H and O–H groups in total. The van der Waals surface area contributed by atoms with Gasteiger partial charge in [0.05, 0.1) is 25.4 Å². The van der Waals surface area contributed by atoms with Crippen LogP contribution in [0.5, 0.6) is 0 Å². The number of H-pyrrole nitrogens is 1. The molecule has 4 atom stereocenters. The van der Waals surface area contributed by atoms with Crippen LogP contribution in [-0.2, 0) is 43.2 Å². The van der Waals surface area contributed by atoms with E-state index in [4.69, 9.17) is 4.74 Å². The van der Waals surface area contributed by atoms with Crippen molar-refractivity contribution in [2.75, 3.05) is 13.7 Å². The number of hydrogen-bond acceptors (Lipinski definition) is 7. The standard InChI is InChI=1S/C37H45N5O6/c1-24(2)18-31(34(44)37(47)48-3)41-36(46)32(21-29-22-38-23-40-29)42-35(45)28(19-27-14-9-13-26-12-7-8-15-30(26)27)20-33(43)39-17-16-25-10-5-4-6-11-25/h4-15,22-24,28,31-32,34,44H,16-21H2,1-3H3,(H,38,40)(H,39,43)(H,41,46)(H,42,45)/t28-,31+,32+,34-/m1/s1. The Morgan fingerprint density at radius 2 is 1.62 bits per heavy atom. The summed E-state index contributed by atoms with van der Waals surface area (Å²) in [5, 5.41) is 21.2. The number of fused-ring (bicyclic) bond motifs is 1. The lowest BCUT2D eigenvalue weighted by molar-refractivity contribution is -0.152. The van der Waals surface area contributed by atoms with Crippen LogP contribution in [-0.4, -0.2) is 70.6 Å². The summed E-state index contributed by atoms with van der Waals surface area (Å²) in [6, 6.07) is 21.4. The summed E-state index contributed by atoms with van der Waals surface area (Å²) in [5.41, 5.74) is 2.58. The first kappa shape index (κ1) is 35.8. The molecule has 0 fully saturated rings. The number of hydrogen-bond donors (Lipinski definition) is 5. The normalized spacial score (nSPS) is 13.7. The molecule has 0 saturated carbocycles. The molecule has 48 heavy (non-hydrogen) atoms. The molecule has 4 aromatic rings. The number of esters is 1. The number of nitrogens with one attached hydrogen (secondary N) is 4. The molecular formula is C37H45N5O6. The van der Waals surface area contributed by atoms with Gasteiger partial charge in [-0.15, -0.1) is 0 Å². The fourth-order valence-corrected chi connectivity index (χ4v) is 5.74. The van der Waals surface area contributed by atoms with E-state index in [1.165, 1.54) is 6.33 Å². The molecular weight excluding hydrogens is 610 g/mol. The summed E-state index contributed by atoms with van der Waals surface area (Å²) >= 11 is 0. The number of carbonyl (C=O) groups excluding carboxylic acids is 4. The maximum Gasteiger partial charge on any atom is 0.336 e. The number of benzene rings is 3. The van der Waals surface area contributed by atoms with Gasteiger partial charge in [0, 0.05) is 31.3 Å². The molecule has 11 heteroatoms. The van der Waals surface area contributed by atoms with Crippen LogP contribution >= 0.6 is 0 Å². The summed E-state index contributed by atoms with van der Waals surface area (Å²) in [7, 11) is 1.16. The summed E-state index contributed by atoms with van der Waals surface area (Å²) in [6.07, 6.45) is 2.59. The topological polar surface area (TPSA) is 163 Å². The molecule has 0 aliphatic heterocycles. The molecule has 1 aromatic heterocycles. The predicted molar refractivity (Wildman–Crippen MR) is 183 cm³/mol. The van der Waals surface area contributed by atoms with Crippen molar-refractivity contribution in [2.24, 2.45) is 11.8 Å². The molecule has 254 valence electrons. The smallest absolute Gasteiger partial charge is 0.336 e. The Hall–Kier alpha value is -5.03. The van der Waals surface area contributed by atoms with Crippen LogP contribution in [0.1, 0.15) is 43.5 Å². The molecule has 4 rings (SSSR count). The first-order valence-corrected chi connectivity index (χ1v) is 16.3. The first-order chi connectivity index (χ1) is 23.1. The van der Waals surface area contributed by atoms with Gasteiger partial charge in [-0.1, -0.05) is 86.6 Å². The SMILES string of the molecule is COC(=O)[C@H](O)[C@H](CC(C)C)NC(=O)[C@H](Cc1cnc[nH]1)NC(=O)[C@@H](CC(=O)NCCc1ccccc1)Cc1cccc2ccccc12. The second kappa shape index (κ2) is 17.8. The Balaban J connectivity index is 1.56. The van der Waals surface area contributed by atoms with E-state index in [-0.39, 0.29) is 31.1 Å². The van der Waals surface area contributed by atoms with E-state index in [9.17, 15) is 24.3 Å². The van der Waals surface area contributed by atoms with Crippen molar-refractivity contribution in [3.05, 3.63) is 102 Å². The number of nitrogens with zero attached hydrogens (tertiary/aromatic N) is 1. The maximum atomic E-state index is 14.1. The lowest BCUT2D eigenvalue weighted by Gasteiger charge is -2.27. The van der Waals surface area contributed by atoms with Gasteiger partial charge in [-0.25, -0.2) is 9.78 Å². The van der Waals surface area contributed by atoms with Crippen molar-refractivity contribution in [3.63, 3.8) is 0 Å². The average molecular weight is 656 g/mol. The highest BCUT2D eigenvalue weighted by molar-refractivity contribution is 5.92. The molecule has 0 spiro atoms. The van der Waals surface area contributed by atoms with Crippen LogP contribution in [0.25, 0.3) is 10.8 Å². The van der Waals surface area contributed by atoms with Gasteiger partial charge in [-0.05, 0) is 47.1 Å². The van der Waals surface area contributed by atoms with E-state index in [1.807, 2.05) is 86.6 Å². The zero-order valence-electron chi connectivity index (χ0n) is 27.6. The number of aromatic nitrogens is 2. The molecule has 0 unspecified atom stereocenters. The number of amides is 3. The minimum Gasteiger partial charge on any atom is -0.467 e. The molecule has 0 bridgehead atoms.